The van der Waals surface area contributed by atoms with Crippen molar-refractivity contribution >= 4 is 6.09 Å². The van der Waals surface area contributed by atoms with Crippen LogP contribution in [0, 0.1) is 11.8 Å². The minimum Gasteiger partial charge on any atom is -0.444 e. The van der Waals surface area contributed by atoms with Gasteiger partial charge in [0, 0.05) is 25.0 Å². The Bertz CT molecular complexity index is 313. The fourth-order valence-electron chi connectivity index (χ4n) is 2.92. The predicted molar refractivity (Wildman–Crippen MR) is 63.4 cm³/mol. The standard InChI is InChI=1S/C12H22N2O3/c1-12(2,3)17-11(16)14-6-7-4-8(14)10(7)9(15)5-13/h7-10,15H,4-6,13H2,1-3H3/t7-,8-,9-,10?/m0/s1. The Morgan fingerprint density at radius 1 is 1.59 bits per heavy atom. The Morgan fingerprint density at radius 3 is 2.76 bits per heavy atom. The second kappa shape index (κ2) is 4.14. The summed E-state index contributed by atoms with van der Waals surface area (Å²) in [6.07, 6.45) is 0.212. The molecule has 5 nitrogen and oxygen atoms in total. The van der Waals surface area contributed by atoms with E-state index in [4.69, 9.17) is 10.5 Å². The van der Waals surface area contributed by atoms with Gasteiger partial charge in [-0.15, -0.1) is 0 Å². The van der Waals surface area contributed by atoms with Gasteiger partial charge in [0.2, 0.25) is 0 Å². The largest absolute Gasteiger partial charge is 0.444 e. The first-order chi connectivity index (χ1) is 7.83. The van der Waals surface area contributed by atoms with Crippen LogP contribution in [0.4, 0.5) is 4.79 Å². The number of rotatable bonds is 2. The highest BCUT2D eigenvalue weighted by Crippen LogP contribution is 2.48. The first kappa shape index (κ1) is 12.6. The third kappa shape index (κ3) is 2.26. The molecule has 0 aromatic carbocycles. The van der Waals surface area contributed by atoms with E-state index in [-0.39, 0.29) is 24.6 Å². The summed E-state index contributed by atoms with van der Waals surface area (Å²) in [5, 5.41) is 9.79. The van der Waals surface area contributed by atoms with Crippen molar-refractivity contribution in [1.29, 1.82) is 0 Å². The average Bonchev–Trinajstić information content (AvgIpc) is 2.71. The van der Waals surface area contributed by atoms with E-state index in [0.29, 0.717) is 12.5 Å². The van der Waals surface area contributed by atoms with Crippen molar-refractivity contribution < 1.29 is 14.6 Å². The molecule has 0 aromatic rings. The van der Waals surface area contributed by atoms with Crippen LogP contribution in [0.3, 0.4) is 0 Å². The fraction of sp³-hybridized carbons (Fsp3) is 0.917. The predicted octanol–water partition coefficient (Wildman–Crippen LogP) is 0.561. The fourth-order valence-corrected chi connectivity index (χ4v) is 2.92. The maximum absolute atomic E-state index is 11.9. The highest BCUT2D eigenvalue weighted by atomic mass is 16.6. The van der Waals surface area contributed by atoms with Gasteiger partial charge in [-0.2, -0.15) is 0 Å². The molecule has 1 unspecified atom stereocenters. The number of nitrogens with zero attached hydrogens (tertiary/aromatic N) is 1. The van der Waals surface area contributed by atoms with Gasteiger partial charge in [-0.25, -0.2) is 4.79 Å². The molecule has 3 fully saturated rings. The quantitative estimate of drug-likeness (QED) is 0.742. The monoisotopic (exact) mass is 242 g/mol. The molecule has 0 spiro atoms. The van der Waals surface area contributed by atoms with Crippen molar-refractivity contribution in [3.63, 3.8) is 0 Å². The summed E-state index contributed by atoms with van der Waals surface area (Å²) >= 11 is 0. The molecule has 4 atom stereocenters. The first-order valence-electron chi connectivity index (χ1n) is 6.21. The van der Waals surface area contributed by atoms with Crippen LogP contribution in [0.15, 0.2) is 0 Å². The smallest absolute Gasteiger partial charge is 0.410 e. The van der Waals surface area contributed by atoms with E-state index in [2.05, 4.69) is 0 Å². The maximum Gasteiger partial charge on any atom is 0.410 e. The number of nitrogens with two attached hydrogens (primary N) is 1. The van der Waals surface area contributed by atoms with Crippen LogP contribution in [-0.2, 0) is 4.74 Å². The van der Waals surface area contributed by atoms with Crippen LogP contribution in [0.25, 0.3) is 0 Å². The summed E-state index contributed by atoms with van der Waals surface area (Å²) < 4.78 is 5.35. The number of carbonyl (C=O) groups is 1. The summed E-state index contributed by atoms with van der Waals surface area (Å²) in [7, 11) is 0. The lowest BCUT2D eigenvalue weighted by atomic mass is 9.70. The van der Waals surface area contributed by atoms with Crippen LogP contribution in [0.5, 0.6) is 0 Å². The molecule has 1 saturated carbocycles. The Balaban J connectivity index is 1.96. The number of hydrogen-bond acceptors (Lipinski definition) is 4. The molecule has 1 aliphatic carbocycles. The Labute approximate surface area is 102 Å². The normalized spacial score (nSPS) is 33.2. The van der Waals surface area contributed by atoms with Gasteiger partial charge in [0.25, 0.3) is 0 Å². The van der Waals surface area contributed by atoms with Crippen LogP contribution < -0.4 is 5.73 Å². The third-order valence-electron chi connectivity index (χ3n) is 3.68. The van der Waals surface area contributed by atoms with Crippen molar-refractivity contribution in [2.24, 2.45) is 17.6 Å². The van der Waals surface area contributed by atoms with Gasteiger partial charge in [-0.1, -0.05) is 0 Å². The molecule has 98 valence electrons. The van der Waals surface area contributed by atoms with Crippen molar-refractivity contribution in [1.82, 2.24) is 4.90 Å². The zero-order chi connectivity index (χ0) is 12.8. The molecule has 2 saturated heterocycles. The molecule has 3 N–H and O–H groups in total. The van der Waals surface area contributed by atoms with Crippen LogP contribution in [0.1, 0.15) is 27.2 Å². The van der Waals surface area contributed by atoms with E-state index < -0.39 is 11.7 Å². The maximum atomic E-state index is 11.9. The van der Waals surface area contributed by atoms with Gasteiger partial charge in [0.05, 0.1) is 6.10 Å². The SMILES string of the molecule is CC(C)(C)OC(=O)N1C[C@@H]2C[C@H]1C2[C@@H](O)CN. The molecule has 2 heterocycles. The van der Waals surface area contributed by atoms with E-state index in [1.165, 1.54) is 0 Å². The summed E-state index contributed by atoms with van der Waals surface area (Å²) in [5.41, 5.74) is 5.01. The van der Waals surface area contributed by atoms with Crippen LogP contribution in [0.2, 0.25) is 0 Å². The number of fused-ring (bicyclic) bond motifs is 1. The van der Waals surface area contributed by atoms with E-state index in [9.17, 15) is 9.90 Å². The number of ether oxygens (including phenoxy) is 1. The van der Waals surface area contributed by atoms with Crippen LogP contribution in [-0.4, -0.2) is 46.9 Å². The van der Waals surface area contributed by atoms with Gasteiger partial charge in [0.15, 0.2) is 0 Å². The van der Waals surface area contributed by atoms with E-state index in [0.717, 1.165) is 6.42 Å². The number of aliphatic hydroxyl groups excluding tert-OH is 1. The molecule has 5 heteroatoms. The van der Waals surface area contributed by atoms with Gasteiger partial charge in [0.1, 0.15) is 5.60 Å². The number of amides is 1. The van der Waals surface area contributed by atoms with E-state index in [1.54, 1.807) is 4.90 Å². The van der Waals surface area contributed by atoms with Gasteiger partial charge < -0.3 is 20.5 Å². The van der Waals surface area contributed by atoms with E-state index >= 15 is 0 Å². The lowest BCUT2D eigenvalue weighted by molar-refractivity contribution is -0.00181. The van der Waals surface area contributed by atoms with Crippen molar-refractivity contribution in [3.8, 4) is 0 Å². The summed E-state index contributed by atoms with van der Waals surface area (Å²) in [6.45, 7) is 6.54. The molecular weight excluding hydrogens is 220 g/mol. The molecule has 0 aromatic heterocycles. The van der Waals surface area contributed by atoms with Crippen LogP contribution >= 0.6 is 0 Å². The Kier molecular flexibility index (Phi) is 3.08. The molecule has 3 rings (SSSR count). The van der Waals surface area contributed by atoms with Crippen molar-refractivity contribution in [3.05, 3.63) is 0 Å². The zero-order valence-corrected chi connectivity index (χ0v) is 10.7. The summed E-state index contributed by atoms with van der Waals surface area (Å²) in [4.78, 5) is 13.7. The molecule has 3 aliphatic rings. The lowest BCUT2D eigenvalue weighted by Crippen LogP contribution is -2.49. The highest BCUT2D eigenvalue weighted by Gasteiger charge is 2.56. The number of carbonyl (C=O) groups excluding carboxylic acids is 1. The number of hydrogen-bond donors (Lipinski definition) is 2. The Hall–Kier alpha value is -0.810. The van der Waals surface area contributed by atoms with Gasteiger partial charge in [-0.3, -0.25) is 0 Å². The summed E-state index contributed by atoms with van der Waals surface area (Å²) in [5.74, 6) is 0.540. The second-order valence-corrected chi connectivity index (χ2v) is 6.08. The highest BCUT2D eigenvalue weighted by molar-refractivity contribution is 5.69. The molecule has 2 bridgehead atoms. The topological polar surface area (TPSA) is 75.8 Å². The Morgan fingerprint density at radius 2 is 2.24 bits per heavy atom. The van der Waals surface area contributed by atoms with Crippen molar-refractivity contribution in [2.75, 3.05) is 13.1 Å². The second-order valence-electron chi connectivity index (χ2n) is 6.08. The summed E-state index contributed by atoms with van der Waals surface area (Å²) in [6, 6.07) is 0.119. The average molecular weight is 242 g/mol. The molecule has 2 aliphatic heterocycles. The molecule has 17 heavy (non-hydrogen) atoms. The molecule has 0 radical (unpaired) electrons. The lowest BCUT2D eigenvalue weighted by Gasteiger charge is -2.39. The molecule has 1 amide bonds. The minimum absolute atomic E-state index is 0.119. The van der Waals surface area contributed by atoms with E-state index in [1.807, 2.05) is 20.8 Å². The minimum atomic E-state index is -0.494. The van der Waals surface area contributed by atoms with Crippen molar-refractivity contribution in [2.45, 2.75) is 44.9 Å². The first-order valence-corrected chi connectivity index (χ1v) is 6.21. The molecular formula is C12H22N2O3. The van der Waals surface area contributed by atoms with Gasteiger partial charge in [-0.05, 0) is 33.1 Å². The zero-order valence-electron chi connectivity index (χ0n) is 10.7. The third-order valence-corrected chi connectivity index (χ3v) is 3.68. The number of aliphatic hydroxyl groups is 1. The van der Waals surface area contributed by atoms with Gasteiger partial charge >= 0.3 is 6.09 Å².